The maximum atomic E-state index is 12.4. The summed E-state index contributed by atoms with van der Waals surface area (Å²) in [5.41, 5.74) is 3.57. The number of hydrogen-bond acceptors (Lipinski definition) is 2. The number of carbonyl (C=O) groups excluding carboxylic acids is 1. The lowest BCUT2D eigenvalue weighted by Gasteiger charge is -2.27. The molecule has 0 spiro atoms. The van der Waals surface area contributed by atoms with E-state index in [4.69, 9.17) is 4.74 Å². The standard InChI is InChI=1S/C15H17NO2/c1-16-9-8-11-13(18-2)7-6-10-4-3-5-12(14(10)11)15(16)17/h6-9,12H,3-5H2,1-2H3. The fourth-order valence-corrected chi connectivity index (χ4v) is 3.03. The maximum Gasteiger partial charge on any atom is 0.233 e. The summed E-state index contributed by atoms with van der Waals surface area (Å²) in [6.07, 6.45) is 6.94. The number of aryl methyl sites for hydroxylation is 1. The van der Waals surface area contributed by atoms with Crippen LogP contribution in [0.15, 0.2) is 18.3 Å². The van der Waals surface area contributed by atoms with Crippen molar-refractivity contribution in [3.63, 3.8) is 0 Å². The smallest absolute Gasteiger partial charge is 0.233 e. The average Bonchev–Trinajstić information content (AvgIpc) is 2.53. The van der Waals surface area contributed by atoms with Crippen LogP contribution in [0.5, 0.6) is 5.75 Å². The molecule has 0 bridgehead atoms. The van der Waals surface area contributed by atoms with E-state index in [1.54, 1.807) is 12.0 Å². The Labute approximate surface area is 107 Å². The minimum atomic E-state index is -0.00106. The molecular weight excluding hydrogens is 226 g/mol. The quantitative estimate of drug-likeness (QED) is 0.758. The third-order valence-electron chi connectivity index (χ3n) is 3.96. The summed E-state index contributed by atoms with van der Waals surface area (Å²) in [7, 11) is 3.51. The summed E-state index contributed by atoms with van der Waals surface area (Å²) in [4.78, 5) is 14.1. The van der Waals surface area contributed by atoms with Crippen molar-refractivity contribution in [2.24, 2.45) is 0 Å². The Kier molecular flexibility index (Phi) is 2.62. The molecule has 1 heterocycles. The predicted molar refractivity (Wildman–Crippen MR) is 70.5 cm³/mol. The topological polar surface area (TPSA) is 29.5 Å². The number of benzene rings is 1. The van der Waals surface area contributed by atoms with E-state index in [2.05, 4.69) is 6.07 Å². The molecule has 3 nitrogen and oxygen atoms in total. The van der Waals surface area contributed by atoms with Crippen LogP contribution >= 0.6 is 0 Å². The molecule has 0 aromatic heterocycles. The van der Waals surface area contributed by atoms with Crippen LogP contribution < -0.4 is 4.74 Å². The van der Waals surface area contributed by atoms with Crippen molar-refractivity contribution in [3.8, 4) is 5.75 Å². The molecule has 0 N–H and O–H groups in total. The van der Waals surface area contributed by atoms with Crippen molar-refractivity contribution in [1.29, 1.82) is 0 Å². The van der Waals surface area contributed by atoms with Gasteiger partial charge in [-0.15, -0.1) is 0 Å². The highest BCUT2D eigenvalue weighted by molar-refractivity contribution is 5.89. The summed E-state index contributed by atoms with van der Waals surface area (Å²) in [6, 6.07) is 4.12. The van der Waals surface area contributed by atoms with Gasteiger partial charge in [0.25, 0.3) is 0 Å². The Morgan fingerprint density at radius 3 is 3.00 bits per heavy atom. The Morgan fingerprint density at radius 2 is 2.22 bits per heavy atom. The lowest BCUT2D eigenvalue weighted by atomic mass is 9.79. The molecule has 1 unspecified atom stereocenters. The summed E-state index contributed by atoms with van der Waals surface area (Å²) in [5, 5.41) is 0. The second kappa shape index (κ2) is 4.16. The SMILES string of the molecule is COc1ccc2c3c1C=CN(C)C(=O)C3CCC2. The monoisotopic (exact) mass is 243 g/mol. The zero-order valence-corrected chi connectivity index (χ0v) is 10.8. The van der Waals surface area contributed by atoms with Crippen molar-refractivity contribution in [3.05, 3.63) is 35.0 Å². The van der Waals surface area contributed by atoms with Crippen LogP contribution in [-0.2, 0) is 11.2 Å². The number of ether oxygens (including phenoxy) is 1. The van der Waals surface area contributed by atoms with Gasteiger partial charge < -0.3 is 9.64 Å². The average molecular weight is 243 g/mol. The first-order chi connectivity index (χ1) is 8.72. The first kappa shape index (κ1) is 11.3. The molecule has 18 heavy (non-hydrogen) atoms. The fourth-order valence-electron chi connectivity index (χ4n) is 3.03. The van der Waals surface area contributed by atoms with Gasteiger partial charge >= 0.3 is 0 Å². The van der Waals surface area contributed by atoms with Crippen LogP contribution in [0.1, 0.15) is 35.4 Å². The molecule has 0 saturated carbocycles. The van der Waals surface area contributed by atoms with Crippen molar-refractivity contribution >= 4 is 12.0 Å². The Balaban J connectivity index is 2.26. The van der Waals surface area contributed by atoms with E-state index in [0.29, 0.717) is 0 Å². The molecule has 1 aromatic rings. The first-order valence-electron chi connectivity index (χ1n) is 6.37. The molecule has 2 aliphatic rings. The lowest BCUT2D eigenvalue weighted by Crippen LogP contribution is -2.28. The van der Waals surface area contributed by atoms with Crippen LogP contribution in [0.25, 0.3) is 6.08 Å². The minimum absolute atomic E-state index is 0.00106. The number of amides is 1. The van der Waals surface area contributed by atoms with Crippen molar-refractivity contribution < 1.29 is 9.53 Å². The maximum absolute atomic E-state index is 12.4. The van der Waals surface area contributed by atoms with Gasteiger partial charge in [-0.3, -0.25) is 4.79 Å². The van der Waals surface area contributed by atoms with Gasteiger partial charge in [-0.25, -0.2) is 0 Å². The number of nitrogens with zero attached hydrogens (tertiary/aromatic N) is 1. The Hall–Kier alpha value is -1.77. The third kappa shape index (κ3) is 1.54. The molecular formula is C15H17NO2. The third-order valence-corrected chi connectivity index (χ3v) is 3.96. The van der Waals surface area contributed by atoms with Gasteiger partial charge in [-0.05, 0) is 42.5 Å². The predicted octanol–water partition coefficient (Wildman–Crippen LogP) is 2.56. The molecule has 0 radical (unpaired) electrons. The van der Waals surface area contributed by atoms with E-state index in [-0.39, 0.29) is 11.8 Å². The molecule has 3 rings (SSSR count). The van der Waals surface area contributed by atoms with E-state index in [0.717, 1.165) is 30.6 Å². The number of likely N-dealkylation sites (N-methyl/N-ethyl adjacent to an activating group) is 1. The second-order valence-electron chi connectivity index (χ2n) is 4.96. The molecule has 94 valence electrons. The van der Waals surface area contributed by atoms with Crippen molar-refractivity contribution in [1.82, 2.24) is 4.90 Å². The highest BCUT2D eigenvalue weighted by atomic mass is 16.5. The molecule has 1 aliphatic heterocycles. The summed E-state index contributed by atoms with van der Waals surface area (Å²) in [6.45, 7) is 0. The number of methoxy groups -OCH3 is 1. The first-order valence-corrected chi connectivity index (χ1v) is 6.37. The van der Waals surface area contributed by atoms with Crippen LogP contribution in [-0.4, -0.2) is 25.0 Å². The van der Waals surface area contributed by atoms with Gasteiger partial charge in [0.1, 0.15) is 5.75 Å². The van der Waals surface area contributed by atoms with Crippen LogP contribution in [0.4, 0.5) is 0 Å². The van der Waals surface area contributed by atoms with Crippen LogP contribution in [0, 0.1) is 0 Å². The zero-order valence-electron chi connectivity index (χ0n) is 10.8. The lowest BCUT2D eigenvalue weighted by molar-refractivity contribution is -0.129. The molecule has 0 fully saturated rings. The second-order valence-corrected chi connectivity index (χ2v) is 4.96. The minimum Gasteiger partial charge on any atom is -0.496 e. The summed E-state index contributed by atoms with van der Waals surface area (Å²) >= 11 is 0. The fraction of sp³-hybridized carbons (Fsp3) is 0.400. The van der Waals surface area contributed by atoms with Gasteiger partial charge in [-0.2, -0.15) is 0 Å². The molecule has 1 aliphatic carbocycles. The van der Waals surface area contributed by atoms with Gasteiger partial charge in [0.15, 0.2) is 0 Å². The van der Waals surface area contributed by atoms with Crippen molar-refractivity contribution in [2.75, 3.05) is 14.2 Å². The zero-order chi connectivity index (χ0) is 12.7. The van der Waals surface area contributed by atoms with Crippen LogP contribution in [0.2, 0.25) is 0 Å². The molecule has 0 saturated heterocycles. The van der Waals surface area contributed by atoms with E-state index >= 15 is 0 Å². The van der Waals surface area contributed by atoms with Gasteiger partial charge in [0.05, 0.1) is 13.0 Å². The molecule has 1 amide bonds. The number of hydrogen-bond donors (Lipinski definition) is 0. The number of rotatable bonds is 1. The van der Waals surface area contributed by atoms with Crippen molar-refractivity contribution in [2.45, 2.75) is 25.2 Å². The van der Waals surface area contributed by atoms with E-state index in [1.807, 2.05) is 25.4 Å². The van der Waals surface area contributed by atoms with Gasteiger partial charge in [0, 0.05) is 18.8 Å². The normalized spacial score (nSPS) is 21.6. The Morgan fingerprint density at radius 1 is 1.39 bits per heavy atom. The van der Waals surface area contributed by atoms with E-state index in [9.17, 15) is 4.79 Å². The Bertz CT molecular complexity index is 534. The molecule has 1 aromatic carbocycles. The van der Waals surface area contributed by atoms with E-state index in [1.165, 1.54) is 11.1 Å². The van der Waals surface area contributed by atoms with Crippen LogP contribution in [0.3, 0.4) is 0 Å². The molecule has 3 heteroatoms. The summed E-state index contributed by atoms with van der Waals surface area (Å²) in [5.74, 6) is 1.05. The number of carbonyl (C=O) groups is 1. The summed E-state index contributed by atoms with van der Waals surface area (Å²) < 4.78 is 5.43. The van der Waals surface area contributed by atoms with Gasteiger partial charge in [-0.1, -0.05) is 6.07 Å². The highest BCUT2D eigenvalue weighted by Crippen LogP contribution is 2.41. The largest absolute Gasteiger partial charge is 0.496 e. The van der Waals surface area contributed by atoms with Gasteiger partial charge in [0.2, 0.25) is 5.91 Å². The molecule has 1 atom stereocenters. The van der Waals surface area contributed by atoms with E-state index < -0.39 is 0 Å². The highest BCUT2D eigenvalue weighted by Gasteiger charge is 2.32.